The minimum atomic E-state index is -4.59. The van der Waals surface area contributed by atoms with E-state index >= 15 is 0 Å². The summed E-state index contributed by atoms with van der Waals surface area (Å²) in [6.45, 7) is 0. The maximum Gasteiger partial charge on any atom is 0.403 e. The quantitative estimate of drug-likeness (QED) is 0.620. The van der Waals surface area contributed by atoms with Gasteiger partial charge in [-0.05, 0) is 19.3 Å². The van der Waals surface area contributed by atoms with Crippen LogP contribution in [0.3, 0.4) is 0 Å². The lowest BCUT2D eigenvalue weighted by Gasteiger charge is -2.33. The van der Waals surface area contributed by atoms with Crippen LogP contribution >= 0.6 is 0 Å². The number of piperidine rings is 1. The molecule has 1 nitrogen and oxygen atoms in total. The topological polar surface area (TPSA) is 12.0 Å². The normalized spacial score (nSPS) is 30.4. The van der Waals surface area contributed by atoms with Gasteiger partial charge in [0.1, 0.15) is 12.1 Å². The fourth-order valence-corrected chi connectivity index (χ4v) is 1.45. The molecule has 1 aliphatic heterocycles. The van der Waals surface area contributed by atoms with Crippen molar-refractivity contribution in [2.75, 3.05) is 0 Å². The highest BCUT2D eigenvalue weighted by molar-refractivity contribution is 4.88. The summed E-state index contributed by atoms with van der Waals surface area (Å²) in [5.41, 5.74) is 0. The molecule has 1 fully saturated rings. The minimum absolute atomic E-state index is 0.0542. The lowest BCUT2D eigenvalue weighted by Crippen LogP contribution is -2.55. The molecule has 1 N–H and O–H groups in total. The highest BCUT2D eigenvalue weighted by atomic mass is 19.4. The molecule has 0 aromatic rings. The van der Waals surface area contributed by atoms with Crippen LogP contribution < -0.4 is 5.32 Å². The molecule has 0 bridgehead atoms. The van der Waals surface area contributed by atoms with Gasteiger partial charge in [-0.1, -0.05) is 0 Å². The van der Waals surface area contributed by atoms with Crippen LogP contribution in [-0.2, 0) is 0 Å². The van der Waals surface area contributed by atoms with Gasteiger partial charge in [0.15, 0.2) is 0 Å². The van der Waals surface area contributed by atoms with Crippen molar-refractivity contribution in [2.45, 2.75) is 43.7 Å². The molecule has 0 spiro atoms. The van der Waals surface area contributed by atoms with Gasteiger partial charge in [0.2, 0.25) is 0 Å². The summed E-state index contributed by atoms with van der Waals surface area (Å²) >= 11 is 0. The molecule has 0 saturated carbocycles. The van der Waals surface area contributed by atoms with E-state index < -0.39 is 24.4 Å². The van der Waals surface area contributed by atoms with E-state index in [-0.39, 0.29) is 19.3 Å². The van der Waals surface area contributed by atoms with Crippen LogP contribution in [0.25, 0.3) is 0 Å². The number of nitrogens with one attached hydrogen (secondary N) is 1. The predicted molar refractivity (Wildman–Crippen MR) is 36.7 cm³/mol. The third-order valence-corrected chi connectivity index (χ3v) is 2.18. The average Bonchev–Trinajstić information content (AvgIpc) is 2.01. The zero-order valence-electron chi connectivity index (χ0n) is 7.04. The van der Waals surface area contributed by atoms with E-state index in [0.717, 1.165) is 0 Å². The SMILES string of the molecule is FC(F)(F)[C@@H]1CCC[C@@H](C(F)(F)F)N1. The van der Waals surface area contributed by atoms with E-state index in [9.17, 15) is 26.3 Å². The van der Waals surface area contributed by atoms with E-state index in [0.29, 0.717) is 0 Å². The summed E-state index contributed by atoms with van der Waals surface area (Å²) in [6.07, 6.45) is -9.80. The lowest BCUT2D eigenvalue weighted by molar-refractivity contribution is -0.197. The molecule has 0 unspecified atom stereocenters. The van der Waals surface area contributed by atoms with Crippen LogP contribution in [0, 0.1) is 0 Å². The Kier molecular flexibility index (Phi) is 2.99. The van der Waals surface area contributed by atoms with Crippen LogP contribution in [0.15, 0.2) is 0 Å². The summed E-state index contributed by atoms with van der Waals surface area (Å²) < 4.78 is 72.4. The molecule has 0 aliphatic carbocycles. The molecule has 14 heavy (non-hydrogen) atoms. The first-order chi connectivity index (χ1) is 6.21. The number of halogens is 6. The van der Waals surface area contributed by atoms with Crippen molar-refractivity contribution < 1.29 is 26.3 Å². The number of hydrogen-bond acceptors (Lipinski definition) is 1. The summed E-state index contributed by atoms with van der Waals surface area (Å²) in [4.78, 5) is 0. The third-order valence-electron chi connectivity index (χ3n) is 2.18. The molecule has 0 aromatic carbocycles. The minimum Gasteiger partial charge on any atom is -0.295 e. The Bertz CT molecular complexity index is 175. The fraction of sp³-hybridized carbons (Fsp3) is 1.00. The van der Waals surface area contributed by atoms with Gasteiger partial charge in [0.05, 0.1) is 0 Å². The van der Waals surface area contributed by atoms with Crippen LogP contribution in [0.1, 0.15) is 19.3 Å². The molecule has 1 rings (SSSR count). The molecule has 1 heterocycles. The van der Waals surface area contributed by atoms with Gasteiger partial charge in [0, 0.05) is 0 Å². The highest BCUT2D eigenvalue weighted by Crippen LogP contribution is 2.33. The zero-order valence-corrected chi connectivity index (χ0v) is 7.04. The van der Waals surface area contributed by atoms with Gasteiger partial charge in [-0.3, -0.25) is 5.32 Å². The second-order valence-corrected chi connectivity index (χ2v) is 3.29. The van der Waals surface area contributed by atoms with Gasteiger partial charge < -0.3 is 0 Å². The Hall–Kier alpha value is -0.460. The summed E-state index contributed by atoms with van der Waals surface area (Å²) in [6, 6.07) is -4.05. The summed E-state index contributed by atoms with van der Waals surface area (Å²) in [7, 11) is 0. The van der Waals surface area contributed by atoms with Crippen LogP contribution in [-0.4, -0.2) is 24.4 Å². The largest absolute Gasteiger partial charge is 0.403 e. The van der Waals surface area contributed by atoms with E-state index in [4.69, 9.17) is 0 Å². The maximum atomic E-state index is 12.1. The number of hydrogen-bond donors (Lipinski definition) is 1. The monoisotopic (exact) mass is 221 g/mol. The van der Waals surface area contributed by atoms with Gasteiger partial charge in [-0.15, -0.1) is 0 Å². The summed E-state index contributed by atoms with van der Waals surface area (Å²) in [5.74, 6) is 0. The van der Waals surface area contributed by atoms with Crippen molar-refractivity contribution in [1.29, 1.82) is 0 Å². The van der Waals surface area contributed by atoms with Crippen molar-refractivity contribution in [3.05, 3.63) is 0 Å². The molecular formula is C7H9F6N. The Balaban J connectivity index is 2.61. The second kappa shape index (κ2) is 3.60. The predicted octanol–water partition coefficient (Wildman–Crippen LogP) is 2.62. The smallest absolute Gasteiger partial charge is 0.295 e. The molecule has 0 aromatic heterocycles. The molecule has 0 amide bonds. The van der Waals surface area contributed by atoms with Crippen molar-refractivity contribution in [3.63, 3.8) is 0 Å². The summed E-state index contributed by atoms with van der Waals surface area (Å²) in [5, 5.41) is 1.58. The van der Waals surface area contributed by atoms with Gasteiger partial charge in [-0.2, -0.15) is 26.3 Å². The van der Waals surface area contributed by atoms with Crippen LogP contribution in [0.2, 0.25) is 0 Å². The van der Waals surface area contributed by atoms with Crippen molar-refractivity contribution in [3.8, 4) is 0 Å². The Morgan fingerprint density at radius 2 is 1.14 bits per heavy atom. The van der Waals surface area contributed by atoms with Gasteiger partial charge in [-0.25, -0.2) is 0 Å². The number of alkyl halides is 6. The first-order valence-corrected chi connectivity index (χ1v) is 4.11. The first-order valence-electron chi connectivity index (χ1n) is 4.11. The standard InChI is InChI=1S/C7H9F6N/c8-6(9,10)4-2-1-3-5(14-4)7(11,12)13/h4-5,14H,1-3H2/t4-,5-/m0/s1. The molecule has 84 valence electrons. The van der Waals surface area contributed by atoms with Gasteiger partial charge >= 0.3 is 12.4 Å². The maximum absolute atomic E-state index is 12.1. The Labute approximate surface area is 76.5 Å². The fourth-order valence-electron chi connectivity index (χ4n) is 1.45. The van der Waals surface area contributed by atoms with Crippen LogP contribution in [0.5, 0.6) is 0 Å². The molecule has 2 atom stereocenters. The van der Waals surface area contributed by atoms with Crippen molar-refractivity contribution in [2.24, 2.45) is 0 Å². The van der Waals surface area contributed by atoms with Gasteiger partial charge in [0.25, 0.3) is 0 Å². The van der Waals surface area contributed by atoms with E-state index in [2.05, 4.69) is 0 Å². The van der Waals surface area contributed by atoms with Crippen molar-refractivity contribution >= 4 is 0 Å². The third kappa shape index (κ3) is 2.76. The van der Waals surface area contributed by atoms with E-state index in [1.54, 1.807) is 5.32 Å². The van der Waals surface area contributed by atoms with Crippen molar-refractivity contribution in [1.82, 2.24) is 5.32 Å². The highest BCUT2D eigenvalue weighted by Gasteiger charge is 2.48. The lowest BCUT2D eigenvalue weighted by atomic mass is 9.98. The zero-order chi connectivity index (χ0) is 11.0. The van der Waals surface area contributed by atoms with E-state index in [1.807, 2.05) is 0 Å². The molecule has 1 aliphatic rings. The second-order valence-electron chi connectivity index (χ2n) is 3.29. The van der Waals surface area contributed by atoms with E-state index in [1.165, 1.54) is 0 Å². The Morgan fingerprint density at radius 3 is 1.43 bits per heavy atom. The molecular weight excluding hydrogens is 212 g/mol. The molecule has 0 radical (unpaired) electrons. The van der Waals surface area contributed by atoms with Crippen LogP contribution in [0.4, 0.5) is 26.3 Å². The Morgan fingerprint density at radius 1 is 0.786 bits per heavy atom. The first kappa shape index (κ1) is 11.6. The molecule has 7 heteroatoms. The molecule has 1 saturated heterocycles. The average molecular weight is 221 g/mol. The number of rotatable bonds is 0.